The van der Waals surface area contributed by atoms with Crippen LogP contribution in [0.3, 0.4) is 0 Å². The highest BCUT2D eigenvalue weighted by molar-refractivity contribution is 5.60. The van der Waals surface area contributed by atoms with Gasteiger partial charge in [-0.1, -0.05) is 0 Å². The van der Waals surface area contributed by atoms with E-state index in [9.17, 15) is 0 Å². The van der Waals surface area contributed by atoms with Gasteiger partial charge in [-0.05, 0) is 13.0 Å². The third-order valence-corrected chi connectivity index (χ3v) is 2.11. The summed E-state index contributed by atoms with van der Waals surface area (Å²) in [4.78, 5) is 8.21. The topological polar surface area (TPSA) is 52.8 Å². The lowest BCUT2D eigenvalue weighted by Gasteiger charge is -2.00. The lowest BCUT2D eigenvalue weighted by atomic mass is 10.2. The predicted octanol–water partition coefficient (Wildman–Crippen LogP) is 1.19. The van der Waals surface area contributed by atoms with Crippen LogP contribution in [0.5, 0.6) is 6.01 Å². The zero-order valence-corrected chi connectivity index (χ0v) is 8.93. The molecule has 2 heterocycles. The Balaban J connectivity index is 2.49. The maximum Gasteiger partial charge on any atom is 0.316 e. The lowest BCUT2D eigenvalue weighted by molar-refractivity contribution is 0.380. The van der Waals surface area contributed by atoms with Gasteiger partial charge < -0.3 is 4.74 Å². The van der Waals surface area contributed by atoms with Crippen molar-refractivity contribution in [1.82, 2.24) is 19.7 Å². The summed E-state index contributed by atoms with van der Waals surface area (Å²) < 4.78 is 6.74. The minimum absolute atomic E-state index is 0.371. The van der Waals surface area contributed by atoms with Crippen LogP contribution in [0.2, 0.25) is 0 Å². The molecule has 0 saturated heterocycles. The number of hydrogen-bond acceptors (Lipinski definition) is 4. The number of rotatable bonds is 2. The van der Waals surface area contributed by atoms with Crippen LogP contribution < -0.4 is 4.74 Å². The summed E-state index contributed by atoms with van der Waals surface area (Å²) in [6.45, 7) is 1.95. The highest BCUT2D eigenvalue weighted by Gasteiger charge is 2.08. The second-order valence-corrected chi connectivity index (χ2v) is 3.23. The van der Waals surface area contributed by atoms with E-state index in [1.54, 1.807) is 18.0 Å². The van der Waals surface area contributed by atoms with Crippen LogP contribution in [0.1, 0.15) is 5.69 Å². The van der Waals surface area contributed by atoms with Crippen molar-refractivity contribution in [3.05, 3.63) is 24.2 Å². The number of hydrogen-bond donors (Lipinski definition) is 0. The SMILES string of the molecule is COc1nccc(-c2cn(C)nc2C)n1. The van der Waals surface area contributed by atoms with E-state index in [0.717, 1.165) is 17.0 Å². The van der Waals surface area contributed by atoms with E-state index in [-0.39, 0.29) is 0 Å². The number of aryl methyl sites for hydroxylation is 2. The molecule has 15 heavy (non-hydrogen) atoms. The molecule has 0 radical (unpaired) electrons. The quantitative estimate of drug-likeness (QED) is 0.737. The zero-order valence-electron chi connectivity index (χ0n) is 8.93. The van der Waals surface area contributed by atoms with Gasteiger partial charge in [0.2, 0.25) is 0 Å². The molecule has 0 fully saturated rings. The molecular weight excluding hydrogens is 192 g/mol. The molecule has 5 heteroatoms. The van der Waals surface area contributed by atoms with Gasteiger partial charge in [-0.25, -0.2) is 4.98 Å². The van der Waals surface area contributed by atoms with Crippen LogP contribution in [-0.2, 0) is 7.05 Å². The highest BCUT2D eigenvalue weighted by atomic mass is 16.5. The molecule has 0 aromatic carbocycles. The molecule has 0 spiro atoms. The van der Waals surface area contributed by atoms with Gasteiger partial charge in [-0.15, -0.1) is 0 Å². The van der Waals surface area contributed by atoms with Crippen molar-refractivity contribution in [2.45, 2.75) is 6.92 Å². The van der Waals surface area contributed by atoms with Gasteiger partial charge in [0.05, 0.1) is 18.5 Å². The van der Waals surface area contributed by atoms with Gasteiger partial charge in [-0.3, -0.25) is 4.68 Å². The first-order chi connectivity index (χ1) is 7.20. The fourth-order valence-corrected chi connectivity index (χ4v) is 1.44. The summed E-state index contributed by atoms with van der Waals surface area (Å²) >= 11 is 0. The monoisotopic (exact) mass is 204 g/mol. The molecule has 2 aromatic rings. The molecule has 78 valence electrons. The van der Waals surface area contributed by atoms with Crippen molar-refractivity contribution in [2.24, 2.45) is 7.05 Å². The van der Waals surface area contributed by atoms with E-state index in [4.69, 9.17) is 4.74 Å². The van der Waals surface area contributed by atoms with Crippen molar-refractivity contribution < 1.29 is 4.74 Å². The van der Waals surface area contributed by atoms with E-state index in [0.29, 0.717) is 6.01 Å². The standard InChI is InChI=1S/C10H12N4O/c1-7-8(6-14(2)13-7)9-4-5-11-10(12-9)15-3/h4-6H,1-3H3. The Morgan fingerprint density at radius 2 is 2.20 bits per heavy atom. The number of ether oxygens (including phenoxy) is 1. The molecule has 0 bridgehead atoms. The van der Waals surface area contributed by atoms with Gasteiger partial charge in [0, 0.05) is 25.0 Å². The lowest BCUT2D eigenvalue weighted by Crippen LogP contribution is -1.93. The fraction of sp³-hybridized carbons (Fsp3) is 0.300. The number of aromatic nitrogens is 4. The van der Waals surface area contributed by atoms with Gasteiger partial charge >= 0.3 is 6.01 Å². The fourth-order valence-electron chi connectivity index (χ4n) is 1.44. The van der Waals surface area contributed by atoms with Crippen LogP contribution in [-0.4, -0.2) is 26.9 Å². The molecule has 0 aliphatic carbocycles. The predicted molar refractivity (Wildman–Crippen MR) is 55.5 cm³/mol. The van der Waals surface area contributed by atoms with Gasteiger partial charge in [-0.2, -0.15) is 10.1 Å². The highest BCUT2D eigenvalue weighted by Crippen LogP contribution is 2.20. The first kappa shape index (κ1) is 9.64. The average molecular weight is 204 g/mol. The summed E-state index contributed by atoms with van der Waals surface area (Å²) in [5.74, 6) is 0. The molecule has 0 aliphatic rings. The Labute approximate surface area is 87.7 Å². The first-order valence-corrected chi connectivity index (χ1v) is 4.58. The van der Waals surface area contributed by atoms with Gasteiger partial charge in [0.25, 0.3) is 0 Å². The van der Waals surface area contributed by atoms with E-state index in [2.05, 4.69) is 15.1 Å². The second-order valence-electron chi connectivity index (χ2n) is 3.23. The Bertz CT molecular complexity index is 478. The molecule has 2 rings (SSSR count). The normalized spacial score (nSPS) is 10.3. The van der Waals surface area contributed by atoms with E-state index in [1.807, 2.05) is 26.2 Å². The Hall–Kier alpha value is -1.91. The largest absolute Gasteiger partial charge is 0.467 e. The summed E-state index contributed by atoms with van der Waals surface area (Å²) in [5, 5.41) is 4.26. The number of methoxy groups -OCH3 is 1. The van der Waals surface area contributed by atoms with E-state index >= 15 is 0 Å². The summed E-state index contributed by atoms with van der Waals surface area (Å²) in [5.41, 5.74) is 2.77. The van der Waals surface area contributed by atoms with Crippen LogP contribution in [0, 0.1) is 6.92 Å². The van der Waals surface area contributed by atoms with Crippen molar-refractivity contribution in [2.75, 3.05) is 7.11 Å². The summed E-state index contributed by atoms with van der Waals surface area (Å²) in [6.07, 6.45) is 3.60. The van der Waals surface area contributed by atoms with Crippen molar-refractivity contribution >= 4 is 0 Å². The van der Waals surface area contributed by atoms with Crippen molar-refractivity contribution in [3.63, 3.8) is 0 Å². The van der Waals surface area contributed by atoms with Crippen molar-refractivity contribution in [1.29, 1.82) is 0 Å². The zero-order chi connectivity index (χ0) is 10.8. The van der Waals surface area contributed by atoms with E-state index in [1.165, 1.54) is 0 Å². The smallest absolute Gasteiger partial charge is 0.316 e. The maximum absolute atomic E-state index is 4.97. The Morgan fingerprint density at radius 1 is 1.40 bits per heavy atom. The third-order valence-electron chi connectivity index (χ3n) is 2.11. The molecule has 5 nitrogen and oxygen atoms in total. The molecular formula is C10H12N4O. The van der Waals surface area contributed by atoms with Crippen molar-refractivity contribution in [3.8, 4) is 17.3 Å². The maximum atomic E-state index is 4.97. The number of nitrogens with zero attached hydrogens (tertiary/aromatic N) is 4. The molecule has 0 saturated carbocycles. The molecule has 0 atom stereocenters. The minimum atomic E-state index is 0.371. The molecule has 0 amide bonds. The molecule has 0 unspecified atom stereocenters. The Morgan fingerprint density at radius 3 is 2.80 bits per heavy atom. The second kappa shape index (κ2) is 3.68. The summed E-state index contributed by atoms with van der Waals surface area (Å²) in [7, 11) is 3.43. The van der Waals surface area contributed by atoms with Gasteiger partial charge in [0.15, 0.2) is 0 Å². The molecule has 2 aromatic heterocycles. The molecule has 0 aliphatic heterocycles. The molecule has 0 N–H and O–H groups in total. The average Bonchev–Trinajstić information content (AvgIpc) is 2.58. The van der Waals surface area contributed by atoms with E-state index < -0.39 is 0 Å². The van der Waals surface area contributed by atoms with Crippen LogP contribution in [0.4, 0.5) is 0 Å². The van der Waals surface area contributed by atoms with Crippen LogP contribution in [0.15, 0.2) is 18.5 Å². The van der Waals surface area contributed by atoms with Gasteiger partial charge in [0.1, 0.15) is 0 Å². The van der Waals surface area contributed by atoms with Crippen LogP contribution >= 0.6 is 0 Å². The Kier molecular flexibility index (Phi) is 2.37. The van der Waals surface area contributed by atoms with Crippen LogP contribution in [0.25, 0.3) is 11.3 Å². The third kappa shape index (κ3) is 1.81. The first-order valence-electron chi connectivity index (χ1n) is 4.58. The minimum Gasteiger partial charge on any atom is -0.467 e. The summed E-state index contributed by atoms with van der Waals surface area (Å²) in [6, 6.07) is 2.21.